The third-order valence-corrected chi connectivity index (χ3v) is 5.70. The van der Waals surface area contributed by atoms with Crippen molar-refractivity contribution in [2.75, 3.05) is 15.7 Å². The Kier molecular flexibility index (Phi) is 3.85. The summed E-state index contributed by atoms with van der Waals surface area (Å²) in [5.41, 5.74) is 1.79. The van der Waals surface area contributed by atoms with E-state index in [0.29, 0.717) is 17.9 Å². The third kappa shape index (κ3) is 2.39. The summed E-state index contributed by atoms with van der Waals surface area (Å²) in [6.45, 7) is 4.21. The number of urea groups is 1. The van der Waals surface area contributed by atoms with E-state index in [9.17, 15) is 13.2 Å². The summed E-state index contributed by atoms with van der Waals surface area (Å²) in [4.78, 5) is 14.4. The molecule has 0 bridgehead atoms. The number of nitrogens with zero attached hydrogens (tertiary/aromatic N) is 2. The van der Waals surface area contributed by atoms with E-state index < -0.39 is 16.1 Å². The Morgan fingerprint density at radius 1 is 1.00 bits per heavy atom. The molecule has 3 rings (SSSR count). The number of amides is 2. The molecule has 0 spiro atoms. The van der Waals surface area contributed by atoms with Crippen LogP contribution in [0.1, 0.15) is 19.4 Å². The highest BCUT2D eigenvalue weighted by molar-refractivity contribution is 7.94. The zero-order valence-corrected chi connectivity index (χ0v) is 13.9. The van der Waals surface area contributed by atoms with Crippen LogP contribution in [0.4, 0.5) is 16.2 Å². The average Bonchev–Trinajstić information content (AvgIpc) is 2.55. The molecule has 0 radical (unpaired) electrons. The van der Waals surface area contributed by atoms with Crippen molar-refractivity contribution in [3.05, 3.63) is 54.1 Å². The van der Waals surface area contributed by atoms with Gasteiger partial charge in [-0.15, -0.1) is 0 Å². The van der Waals surface area contributed by atoms with E-state index in [1.165, 1.54) is 11.0 Å². The fraction of sp³-hybridized carbons (Fsp3) is 0.235. The lowest BCUT2D eigenvalue weighted by Crippen LogP contribution is -2.51. The molecule has 120 valence electrons. The van der Waals surface area contributed by atoms with Gasteiger partial charge < -0.3 is 0 Å². The average molecular weight is 330 g/mol. The Morgan fingerprint density at radius 2 is 1.74 bits per heavy atom. The minimum absolute atomic E-state index is 0.156. The van der Waals surface area contributed by atoms with E-state index in [1.807, 2.05) is 19.9 Å². The molecule has 0 aromatic heterocycles. The number of fused-ring (bicyclic) bond motifs is 1. The first-order valence-electron chi connectivity index (χ1n) is 7.55. The summed E-state index contributed by atoms with van der Waals surface area (Å²) >= 11 is 0. The molecule has 0 fully saturated rings. The number of carbonyl (C=O) groups is 1. The van der Waals surface area contributed by atoms with Crippen molar-refractivity contribution in [3.8, 4) is 0 Å². The molecule has 1 heterocycles. The lowest BCUT2D eigenvalue weighted by Gasteiger charge is -2.35. The lowest BCUT2D eigenvalue weighted by atomic mass is 10.1. The summed E-state index contributed by atoms with van der Waals surface area (Å²) in [5.74, 6) is 0. The Balaban J connectivity index is 2.23. The third-order valence-electron chi connectivity index (χ3n) is 3.95. The van der Waals surface area contributed by atoms with Crippen molar-refractivity contribution in [3.63, 3.8) is 0 Å². The normalized spacial score (nSPS) is 16.3. The molecule has 0 saturated carbocycles. The molecule has 2 amide bonds. The summed E-state index contributed by atoms with van der Waals surface area (Å²) < 4.78 is 26.8. The van der Waals surface area contributed by atoms with Gasteiger partial charge in [-0.3, -0.25) is 4.90 Å². The molecule has 0 aliphatic carbocycles. The number of benzene rings is 2. The second kappa shape index (κ2) is 5.70. The molecule has 2 aromatic rings. The van der Waals surface area contributed by atoms with Crippen molar-refractivity contribution >= 4 is 27.4 Å². The number of carbonyl (C=O) groups excluding carboxylic acids is 1. The molecule has 1 aliphatic heterocycles. The van der Waals surface area contributed by atoms with Crippen molar-refractivity contribution in [1.29, 1.82) is 0 Å². The maximum atomic E-state index is 13.0. The van der Waals surface area contributed by atoms with Crippen molar-refractivity contribution < 1.29 is 13.2 Å². The number of hydrogen-bond donors (Lipinski definition) is 0. The van der Waals surface area contributed by atoms with Gasteiger partial charge >= 0.3 is 6.03 Å². The molecular weight excluding hydrogens is 312 g/mol. The SMILES string of the molecule is CCc1cccc(N2C(=O)N(CC)c3ccccc3S2(=O)=O)c1. The summed E-state index contributed by atoms with van der Waals surface area (Å²) in [6, 6.07) is 13.1. The summed E-state index contributed by atoms with van der Waals surface area (Å²) in [5, 5.41) is 0. The smallest absolute Gasteiger partial charge is 0.292 e. The molecule has 23 heavy (non-hydrogen) atoms. The van der Waals surface area contributed by atoms with Crippen molar-refractivity contribution in [2.45, 2.75) is 25.2 Å². The molecule has 5 nitrogen and oxygen atoms in total. The molecule has 0 unspecified atom stereocenters. The van der Waals surface area contributed by atoms with Gasteiger partial charge in [0, 0.05) is 6.54 Å². The van der Waals surface area contributed by atoms with Crippen LogP contribution in [0.5, 0.6) is 0 Å². The zero-order valence-electron chi connectivity index (χ0n) is 13.1. The molecule has 6 heteroatoms. The van der Waals surface area contributed by atoms with Crippen LogP contribution in [-0.2, 0) is 16.4 Å². The topological polar surface area (TPSA) is 57.7 Å². The Labute approximate surface area is 136 Å². The van der Waals surface area contributed by atoms with E-state index in [1.54, 1.807) is 36.4 Å². The van der Waals surface area contributed by atoms with Crippen LogP contribution in [0.25, 0.3) is 0 Å². The van der Waals surface area contributed by atoms with Gasteiger partial charge in [0.2, 0.25) is 0 Å². The van der Waals surface area contributed by atoms with E-state index >= 15 is 0 Å². The van der Waals surface area contributed by atoms with E-state index in [0.717, 1.165) is 16.3 Å². The van der Waals surface area contributed by atoms with Crippen molar-refractivity contribution in [2.24, 2.45) is 0 Å². The van der Waals surface area contributed by atoms with Gasteiger partial charge in [0.15, 0.2) is 0 Å². The number of aryl methyl sites for hydroxylation is 1. The Morgan fingerprint density at radius 3 is 2.43 bits per heavy atom. The highest BCUT2D eigenvalue weighted by Crippen LogP contribution is 2.37. The van der Waals surface area contributed by atoms with Crippen LogP contribution in [0.3, 0.4) is 0 Å². The van der Waals surface area contributed by atoms with Gasteiger partial charge in [-0.2, -0.15) is 4.31 Å². The van der Waals surface area contributed by atoms with Gasteiger partial charge in [0.25, 0.3) is 10.0 Å². The highest BCUT2D eigenvalue weighted by atomic mass is 32.2. The van der Waals surface area contributed by atoms with Crippen LogP contribution in [-0.4, -0.2) is 21.0 Å². The molecule has 2 aromatic carbocycles. The number of anilines is 2. The highest BCUT2D eigenvalue weighted by Gasteiger charge is 2.41. The van der Waals surface area contributed by atoms with Gasteiger partial charge in [-0.25, -0.2) is 13.2 Å². The van der Waals surface area contributed by atoms with Gasteiger partial charge in [-0.05, 0) is 43.2 Å². The van der Waals surface area contributed by atoms with Crippen molar-refractivity contribution in [1.82, 2.24) is 0 Å². The standard InChI is InChI=1S/C17H18N2O3S/c1-3-13-8-7-9-14(12-13)19-17(20)18(4-2)15-10-5-6-11-16(15)23(19,21)22/h5-12H,3-4H2,1-2H3. The number of para-hydroxylation sites is 1. The second-order valence-corrected chi connectivity index (χ2v) is 7.04. The lowest BCUT2D eigenvalue weighted by molar-refractivity contribution is 0.254. The quantitative estimate of drug-likeness (QED) is 0.866. The first kappa shape index (κ1) is 15.6. The second-order valence-electron chi connectivity index (χ2n) is 5.29. The van der Waals surface area contributed by atoms with E-state index in [2.05, 4.69) is 0 Å². The summed E-state index contributed by atoms with van der Waals surface area (Å²) in [6.07, 6.45) is 0.768. The van der Waals surface area contributed by atoms with Crippen LogP contribution in [0.15, 0.2) is 53.4 Å². The first-order valence-corrected chi connectivity index (χ1v) is 8.99. The largest absolute Gasteiger partial charge is 0.343 e. The van der Waals surface area contributed by atoms with Crippen LogP contribution in [0.2, 0.25) is 0 Å². The van der Waals surface area contributed by atoms with Crippen LogP contribution >= 0.6 is 0 Å². The van der Waals surface area contributed by atoms with E-state index in [-0.39, 0.29) is 4.90 Å². The predicted molar refractivity (Wildman–Crippen MR) is 90.3 cm³/mol. The minimum atomic E-state index is -3.91. The van der Waals surface area contributed by atoms with Gasteiger partial charge in [0.1, 0.15) is 4.90 Å². The molecule has 0 saturated heterocycles. The monoisotopic (exact) mass is 330 g/mol. The fourth-order valence-corrected chi connectivity index (χ4v) is 4.35. The molecule has 0 N–H and O–H groups in total. The summed E-state index contributed by atoms with van der Waals surface area (Å²) in [7, 11) is -3.91. The minimum Gasteiger partial charge on any atom is -0.292 e. The fourth-order valence-electron chi connectivity index (χ4n) is 2.77. The predicted octanol–water partition coefficient (Wildman–Crippen LogP) is 3.40. The molecular formula is C17H18N2O3S. The van der Waals surface area contributed by atoms with Crippen LogP contribution in [0, 0.1) is 0 Å². The van der Waals surface area contributed by atoms with Crippen LogP contribution < -0.4 is 9.21 Å². The maximum Gasteiger partial charge on any atom is 0.343 e. The Bertz CT molecular complexity index is 862. The maximum absolute atomic E-state index is 13.0. The van der Waals surface area contributed by atoms with E-state index in [4.69, 9.17) is 0 Å². The Hall–Kier alpha value is -2.34. The zero-order chi connectivity index (χ0) is 16.6. The number of sulfonamides is 1. The van der Waals surface area contributed by atoms with Gasteiger partial charge in [-0.1, -0.05) is 31.2 Å². The molecule has 1 aliphatic rings. The van der Waals surface area contributed by atoms with Gasteiger partial charge in [0.05, 0.1) is 11.4 Å². The molecule has 0 atom stereocenters. The number of rotatable bonds is 3. The first-order chi connectivity index (χ1) is 11.0. The number of hydrogen-bond acceptors (Lipinski definition) is 3.